The smallest absolute Gasteiger partial charge is 0.0590 e. The van der Waals surface area contributed by atoms with Crippen molar-refractivity contribution in [3.05, 3.63) is 35.4 Å². The van der Waals surface area contributed by atoms with Crippen LogP contribution in [0.4, 0.5) is 0 Å². The Balaban J connectivity index is 2.19. The lowest BCUT2D eigenvalue weighted by Crippen LogP contribution is -2.42. The van der Waals surface area contributed by atoms with Crippen molar-refractivity contribution in [1.29, 1.82) is 0 Å². The number of benzene rings is 1. The normalized spacial score (nSPS) is 21.3. The molecule has 0 spiro atoms. The van der Waals surface area contributed by atoms with Crippen LogP contribution in [0.15, 0.2) is 24.3 Å². The van der Waals surface area contributed by atoms with Crippen LogP contribution in [0.5, 0.6) is 0 Å². The molecule has 2 nitrogen and oxygen atoms in total. The average molecular weight is 205 g/mol. The van der Waals surface area contributed by atoms with Crippen LogP contribution in [0.3, 0.4) is 0 Å². The zero-order chi connectivity index (χ0) is 10.7. The lowest BCUT2D eigenvalue weighted by Gasteiger charge is -2.35. The second-order valence-corrected chi connectivity index (χ2v) is 4.28. The molecule has 15 heavy (non-hydrogen) atoms. The molecule has 2 heteroatoms. The van der Waals surface area contributed by atoms with Crippen LogP contribution in [-0.2, 0) is 13.0 Å². The van der Waals surface area contributed by atoms with Crippen LogP contribution in [-0.4, -0.2) is 29.2 Å². The lowest BCUT2D eigenvalue weighted by molar-refractivity contribution is 0.106. The standard InChI is InChI=1S/C13H19NO/c1-2-7-14-9-12-6-4-3-5-11(12)8-13(14)10-15/h3-6,13,15H,2,7-10H2,1H3/t13-/m1/s1. The van der Waals surface area contributed by atoms with Crippen molar-refractivity contribution in [3.63, 3.8) is 0 Å². The van der Waals surface area contributed by atoms with Gasteiger partial charge in [0.2, 0.25) is 0 Å². The summed E-state index contributed by atoms with van der Waals surface area (Å²) in [7, 11) is 0. The quantitative estimate of drug-likeness (QED) is 0.813. The second-order valence-electron chi connectivity index (χ2n) is 4.28. The predicted octanol–water partition coefficient (Wildman–Crippen LogP) is 1.82. The van der Waals surface area contributed by atoms with Crippen LogP contribution in [0.2, 0.25) is 0 Å². The Morgan fingerprint density at radius 2 is 2.07 bits per heavy atom. The lowest BCUT2D eigenvalue weighted by atomic mass is 9.94. The van der Waals surface area contributed by atoms with Crippen molar-refractivity contribution >= 4 is 0 Å². The Kier molecular flexibility index (Phi) is 3.39. The van der Waals surface area contributed by atoms with E-state index >= 15 is 0 Å². The predicted molar refractivity (Wildman–Crippen MR) is 61.7 cm³/mol. The summed E-state index contributed by atoms with van der Waals surface area (Å²) in [4.78, 5) is 2.39. The summed E-state index contributed by atoms with van der Waals surface area (Å²) in [6.07, 6.45) is 2.14. The van der Waals surface area contributed by atoms with Crippen molar-refractivity contribution < 1.29 is 5.11 Å². The van der Waals surface area contributed by atoms with Gasteiger partial charge in [-0.25, -0.2) is 0 Å². The molecule has 1 aromatic carbocycles. The number of hydrogen-bond donors (Lipinski definition) is 1. The highest BCUT2D eigenvalue weighted by atomic mass is 16.3. The van der Waals surface area contributed by atoms with E-state index in [4.69, 9.17) is 0 Å². The third-order valence-electron chi connectivity index (χ3n) is 3.19. The summed E-state index contributed by atoms with van der Waals surface area (Å²) in [6, 6.07) is 8.89. The molecule has 0 aliphatic carbocycles. The SMILES string of the molecule is CCCN1Cc2ccccc2C[C@@H]1CO. The van der Waals surface area contributed by atoms with E-state index in [0.29, 0.717) is 6.04 Å². The summed E-state index contributed by atoms with van der Waals surface area (Å²) in [5, 5.41) is 9.37. The summed E-state index contributed by atoms with van der Waals surface area (Å²) >= 11 is 0. The largest absolute Gasteiger partial charge is 0.395 e. The number of hydrogen-bond acceptors (Lipinski definition) is 2. The van der Waals surface area contributed by atoms with Gasteiger partial charge in [0.25, 0.3) is 0 Å². The van der Waals surface area contributed by atoms with Gasteiger partial charge in [-0.05, 0) is 30.5 Å². The molecule has 2 rings (SSSR count). The maximum absolute atomic E-state index is 9.37. The highest BCUT2D eigenvalue weighted by Crippen LogP contribution is 2.22. The fraction of sp³-hybridized carbons (Fsp3) is 0.538. The molecule has 0 aromatic heterocycles. The van der Waals surface area contributed by atoms with E-state index in [0.717, 1.165) is 25.9 Å². The molecule has 1 heterocycles. The molecular weight excluding hydrogens is 186 g/mol. The topological polar surface area (TPSA) is 23.5 Å². The fourth-order valence-corrected chi connectivity index (χ4v) is 2.37. The fourth-order valence-electron chi connectivity index (χ4n) is 2.37. The Morgan fingerprint density at radius 3 is 2.73 bits per heavy atom. The van der Waals surface area contributed by atoms with Gasteiger partial charge < -0.3 is 5.11 Å². The number of nitrogens with zero attached hydrogens (tertiary/aromatic N) is 1. The Bertz CT molecular complexity index is 324. The maximum atomic E-state index is 9.37. The van der Waals surface area contributed by atoms with E-state index in [9.17, 15) is 5.11 Å². The summed E-state index contributed by atoms with van der Waals surface area (Å²) in [5.41, 5.74) is 2.83. The summed E-state index contributed by atoms with van der Waals surface area (Å²) < 4.78 is 0. The Hall–Kier alpha value is -0.860. The molecule has 0 saturated carbocycles. The van der Waals surface area contributed by atoms with Gasteiger partial charge in [0, 0.05) is 12.6 Å². The molecule has 0 bridgehead atoms. The Morgan fingerprint density at radius 1 is 1.33 bits per heavy atom. The first-order chi connectivity index (χ1) is 7.35. The number of aliphatic hydroxyl groups excluding tert-OH is 1. The zero-order valence-electron chi connectivity index (χ0n) is 9.32. The van der Waals surface area contributed by atoms with Gasteiger partial charge >= 0.3 is 0 Å². The van der Waals surface area contributed by atoms with Gasteiger partial charge in [0.15, 0.2) is 0 Å². The molecule has 0 amide bonds. The molecular formula is C13H19NO. The third-order valence-corrected chi connectivity index (χ3v) is 3.19. The van der Waals surface area contributed by atoms with Crippen molar-refractivity contribution in [2.24, 2.45) is 0 Å². The van der Waals surface area contributed by atoms with E-state index in [1.807, 2.05) is 0 Å². The molecule has 1 aliphatic rings. The molecule has 0 saturated heterocycles. The molecule has 1 aliphatic heterocycles. The van der Waals surface area contributed by atoms with E-state index in [1.165, 1.54) is 11.1 Å². The highest BCUT2D eigenvalue weighted by Gasteiger charge is 2.24. The minimum atomic E-state index is 0.272. The highest BCUT2D eigenvalue weighted by molar-refractivity contribution is 5.30. The van der Waals surface area contributed by atoms with Crippen molar-refractivity contribution in [3.8, 4) is 0 Å². The van der Waals surface area contributed by atoms with Gasteiger partial charge in [-0.1, -0.05) is 31.2 Å². The van der Waals surface area contributed by atoms with Crippen LogP contribution >= 0.6 is 0 Å². The Labute approximate surface area is 91.5 Å². The molecule has 1 N–H and O–H groups in total. The minimum absolute atomic E-state index is 0.272. The zero-order valence-corrected chi connectivity index (χ0v) is 9.32. The van der Waals surface area contributed by atoms with Crippen molar-refractivity contribution in [2.75, 3.05) is 13.2 Å². The van der Waals surface area contributed by atoms with Crippen molar-refractivity contribution in [2.45, 2.75) is 32.4 Å². The minimum Gasteiger partial charge on any atom is -0.395 e. The van der Waals surface area contributed by atoms with E-state index in [-0.39, 0.29) is 6.61 Å². The number of rotatable bonds is 3. The van der Waals surface area contributed by atoms with E-state index < -0.39 is 0 Å². The number of fused-ring (bicyclic) bond motifs is 1. The van der Waals surface area contributed by atoms with Crippen molar-refractivity contribution in [1.82, 2.24) is 4.90 Å². The first-order valence-electron chi connectivity index (χ1n) is 5.76. The summed E-state index contributed by atoms with van der Waals surface area (Å²) in [6.45, 7) is 4.54. The van der Waals surface area contributed by atoms with E-state index in [1.54, 1.807) is 0 Å². The summed E-state index contributed by atoms with van der Waals surface area (Å²) in [5.74, 6) is 0. The first kappa shape index (κ1) is 10.7. The monoisotopic (exact) mass is 205 g/mol. The average Bonchev–Trinajstić information content (AvgIpc) is 2.28. The molecule has 1 aromatic rings. The maximum Gasteiger partial charge on any atom is 0.0590 e. The van der Waals surface area contributed by atoms with Crippen LogP contribution in [0.1, 0.15) is 24.5 Å². The molecule has 82 valence electrons. The van der Waals surface area contributed by atoms with Gasteiger partial charge in [-0.2, -0.15) is 0 Å². The number of aliphatic hydroxyl groups is 1. The van der Waals surface area contributed by atoms with Gasteiger partial charge in [0.05, 0.1) is 6.61 Å². The van der Waals surface area contributed by atoms with Crippen LogP contribution in [0.25, 0.3) is 0 Å². The van der Waals surface area contributed by atoms with Crippen LogP contribution < -0.4 is 0 Å². The molecule has 1 atom stereocenters. The van der Waals surface area contributed by atoms with Crippen LogP contribution in [0, 0.1) is 0 Å². The van der Waals surface area contributed by atoms with E-state index in [2.05, 4.69) is 36.1 Å². The molecule has 0 unspecified atom stereocenters. The molecule has 0 radical (unpaired) electrons. The molecule has 0 fully saturated rings. The first-order valence-corrected chi connectivity index (χ1v) is 5.76. The van der Waals surface area contributed by atoms with Gasteiger partial charge in [0.1, 0.15) is 0 Å². The second kappa shape index (κ2) is 4.77. The van der Waals surface area contributed by atoms with Gasteiger partial charge in [-0.15, -0.1) is 0 Å². The third kappa shape index (κ3) is 2.21. The van der Waals surface area contributed by atoms with Gasteiger partial charge in [-0.3, -0.25) is 4.90 Å².